The van der Waals surface area contributed by atoms with Gasteiger partial charge in [-0.3, -0.25) is 0 Å². The van der Waals surface area contributed by atoms with Crippen LogP contribution in [0.1, 0.15) is 5.56 Å². The average molecular weight is 337 g/mol. The second kappa shape index (κ2) is 5.35. The summed E-state index contributed by atoms with van der Waals surface area (Å²) in [6.07, 6.45) is -3.69. The number of nitrogens with two attached hydrogens (primary N) is 1. The van der Waals surface area contributed by atoms with Gasteiger partial charge in [0.05, 0.1) is 16.2 Å². The molecule has 0 aliphatic carbocycles. The summed E-state index contributed by atoms with van der Waals surface area (Å²) in [6.45, 7) is 0. The molecule has 5 nitrogen and oxygen atoms in total. The number of nitriles is 1. The first-order valence-electron chi connectivity index (χ1n) is 5.21. The lowest BCUT2D eigenvalue weighted by molar-refractivity contribution is -0.274. The molecule has 110 valence electrons. The van der Waals surface area contributed by atoms with Crippen LogP contribution in [0.15, 0.2) is 18.3 Å². The maximum Gasteiger partial charge on any atom is 0.573 e. The lowest BCUT2D eigenvalue weighted by Gasteiger charge is -2.13. The highest BCUT2D eigenvalue weighted by molar-refractivity contribution is 6.38. The van der Waals surface area contributed by atoms with E-state index in [2.05, 4.69) is 9.84 Å². The first-order valence-corrected chi connectivity index (χ1v) is 5.97. The Balaban J connectivity index is 2.51. The van der Waals surface area contributed by atoms with E-state index in [1.165, 1.54) is 6.20 Å². The maximum atomic E-state index is 12.2. The highest BCUT2D eigenvalue weighted by atomic mass is 35.5. The highest BCUT2D eigenvalue weighted by Crippen LogP contribution is 2.36. The number of nitrogens with zero attached hydrogens (tertiary/aromatic N) is 3. The molecule has 0 atom stereocenters. The van der Waals surface area contributed by atoms with Gasteiger partial charge in [0.2, 0.25) is 0 Å². The van der Waals surface area contributed by atoms with Crippen LogP contribution in [0, 0.1) is 11.3 Å². The Morgan fingerprint density at radius 3 is 2.29 bits per heavy atom. The molecule has 0 bridgehead atoms. The predicted octanol–water partition coefficient (Wildman–Crippen LogP) is 3.53. The fourth-order valence-corrected chi connectivity index (χ4v) is 2.19. The van der Waals surface area contributed by atoms with Gasteiger partial charge in [0.25, 0.3) is 0 Å². The van der Waals surface area contributed by atoms with Crippen molar-refractivity contribution in [2.75, 3.05) is 5.73 Å². The van der Waals surface area contributed by atoms with Crippen molar-refractivity contribution in [1.29, 1.82) is 5.26 Å². The summed E-state index contributed by atoms with van der Waals surface area (Å²) in [7, 11) is 0. The Bertz CT molecular complexity index is 713. The second-order valence-corrected chi connectivity index (χ2v) is 4.56. The molecular weight excluding hydrogens is 332 g/mol. The van der Waals surface area contributed by atoms with Crippen LogP contribution in [0.2, 0.25) is 10.0 Å². The molecular formula is C11H5Cl2F3N4O. The zero-order valence-corrected chi connectivity index (χ0v) is 11.5. The average Bonchev–Trinajstić information content (AvgIpc) is 2.68. The van der Waals surface area contributed by atoms with Crippen LogP contribution in [0.3, 0.4) is 0 Å². The van der Waals surface area contributed by atoms with Crippen LogP contribution in [0.5, 0.6) is 5.75 Å². The fourth-order valence-electron chi connectivity index (χ4n) is 1.56. The SMILES string of the molecule is N#Cc1cnn(-c2c(Cl)cc(OC(F)(F)F)cc2Cl)c1N. The van der Waals surface area contributed by atoms with E-state index in [1.807, 2.05) is 0 Å². The summed E-state index contributed by atoms with van der Waals surface area (Å²) < 4.78 is 41.3. The van der Waals surface area contributed by atoms with Gasteiger partial charge in [-0.05, 0) is 0 Å². The minimum atomic E-state index is -4.87. The Morgan fingerprint density at radius 1 is 1.29 bits per heavy atom. The minimum absolute atomic E-state index is 0.0363. The van der Waals surface area contributed by atoms with Crippen LogP contribution in [0.25, 0.3) is 5.69 Å². The topological polar surface area (TPSA) is 76.9 Å². The van der Waals surface area contributed by atoms with Gasteiger partial charge in [0.1, 0.15) is 28.9 Å². The van der Waals surface area contributed by atoms with Crippen LogP contribution in [-0.4, -0.2) is 16.1 Å². The summed E-state index contributed by atoms with van der Waals surface area (Å²) in [4.78, 5) is 0. The van der Waals surface area contributed by atoms with E-state index in [4.69, 9.17) is 34.2 Å². The quantitative estimate of drug-likeness (QED) is 0.909. The molecule has 0 spiro atoms. The summed E-state index contributed by atoms with van der Waals surface area (Å²) >= 11 is 11.8. The zero-order chi connectivity index (χ0) is 15.8. The van der Waals surface area contributed by atoms with E-state index in [9.17, 15) is 13.2 Å². The van der Waals surface area contributed by atoms with Crippen LogP contribution in [0.4, 0.5) is 19.0 Å². The van der Waals surface area contributed by atoms with Crippen molar-refractivity contribution in [3.8, 4) is 17.5 Å². The fraction of sp³-hybridized carbons (Fsp3) is 0.0909. The number of hydrogen-bond donors (Lipinski definition) is 1. The summed E-state index contributed by atoms with van der Waals surface area (Å²) in [5.74, 6) is -0.613. The molecule has 0 aliphatic heterocycles. The third kappa shape index (κ3) is 3.15. The molecule has 1 aromatic carbocycles. The first kappa shape index (κ1) is 15.3. The van der Waals surface area contributed by atoms with E-state index in [-0.39, 0.29) is 27.1 Å². The van der Waals surface area contributed by atoms with E-state index in [0.717, 1.165) is 16.8 Å². The summed E-state index contributed by atoms with van der Waals surface area (Å²) in [5, 5.41) is 12.3. The number of benzene rings is 1. The number of anilines is 1. The van der Waals surface area contributed by atoms with Gasteiger partial charge in [-0.1, -0.05) is 23.2 Å². The number of aromatic nitrogens is 2. The molecule has 21 heavy (non-hydrogen) atoms. The molecule has 1 aromatic heterocycles. The van der Waals surface area contributed by atoms with Gasteiger partial charge >= 0.3 is 6.36 Å². The molecule has 1 heterocycles. The Morgan fingerprint density at radius 2 is 1.86 bits per heavy atom. The molecule has 0 saturated carbocycles. The Labute approximate surface area is 126 Å². The van der Waals surface area contributed by atoms with Gasteiger partial charge in [0, 0.05) is 12.1 Å². The van der Waals surface area contributed by atoms with Crippen LogP contribution >= 0.6 is 23.2 Å². The molecule has 0 radical (unpaired) electrons. The molecule has 0 unspecified atom stereocenters. The maximum absolute atomic E-state index is 12.2. The van der Waals surface area contributed by atoms with Crippen molar-refractivity contribution in [1.82, 2.24) is 9.78 Å². The normalized spacial score (nSPS) is 11.2. The first-order chi connectivity index (χ1) is 9.73. The lowest BCUT2D eigenvalue weighted by Crippen LogP contribution is -2.17. The Kier molecular flexibility index (Phi) is 3.89. The summed E-state index contributed by atoms with van der Waals surface area (Å²) in [5.41, 5.74) is 5.80. The summed E-state index contributed by atoms with van der Waals surface area (Å²) in [6, 6.07) is 3.64. The zero-order valence-electron chi connectivity index (χ0n) is 9.95. The van der Waals surface area contributed by atoms with Crippen molar-refractivity contribution in [2.45, 2.75) is 6.36 Å². The molecule has 0 aliphatic rings. The second-order valence-electron chi connectivity index (χ2n) is 3.75. The smallest absolute Gasteiger partial charge is 0.406 e. The molecule has 2 aromatic rings. The molecule has 0 fully saturated rings. The van der Waals surface area contributed by atoms with Crippen molar-refractivity contribution in [3.05, 3.63) is 33.9 Å². The highest BCUT2D eigenvalue weighted by Gasteiger charge is 2.31. The van der Waals surface area contributed by atoms with Crippen molar-refractivity contribution in [3.63, 3.8) is 0 Å². The minimum Gasteiger partial charge on any atom is -0.406 e. The molecule has 2 N–H and O–H groups in total. The lowest BCUT2D eigenvalue weighted by atomic mass is 10.3. The third-order valence-corrected chi connectivity index (χ3v) is 2.94. The van der Waals surface area contributed by atoms with E-state index >= 15 is 0 Å². The van der Waals surface area contributed by atoms with E-state index < -0.39 is 12.1 Å². The third-order valence-electron chi connectivity index (χ3n) is 2.36. The van der Waals surface area contributed by atoms with Gasteiger partial charge in [-0.25, -0.2) is 4.68 Å². The van der Waals surface area contributed by atoms with Gasteiger partial charge in [-0.2, -0.15) is 10.4 Å². The molecule has 0 amide bonds. The van der Waals surface area contributed by atoms with Crippen LogP contribution < -0.4 is 10.5 Å². The number of rotatable bonds is 2. The van der Waals surface area contributed by atoms with Crippen molar-refractivity contribution < 1.29 is 17.9 Å². The van der Waals surface area contributed by atoms with Crippen LogP contribution in [-0.2, 0) is 0 Å². The molecule has 2 rings (SSSR count). The standard InChI is InChI=1S/C11H5Cl2F3N4O/c12-7-1-6(21-11(14,15)16)2-8(13)9(7)20-10(18)5(3-17)4-19-20/h1-2,4H,18H2. The number of nitrogen functional groups attached to an aromatic ring is 1. The van der Waals surface area contributed by atoms with Gasteiger partial charge in [0.15, 0.2) is 0 Å². The predicted molar refractivity (Wildman–Crippen MR) is 69.4 cm³/mol. The van der Waals surface area contributed by atoms with Gasteiger partial charge < -0.3 is 10.5 Å². The number of hydrogen-bond acceptors (Lipinski definition) is 4. The van der Waals surface area contributed by atoms with Crippen molar-refractivity contribution in [2.24, 2.45) is 0 Å². The number of halogens is 5. The van der Waals surface area contributed by atoms with Crippen molar-refractivity contribution >= 4 is 29.0 Å². The largest absolute Gasteiger partial charge is 0.573 e. The molecule has 10 heteroatoms. The number of ether oxygens (including phenoxy) is 1. The molecule has 0 saturated heterocycles. The Hall–Kier alpha value is -2.11. The van der Waals surface area contributed by atoms with E-state index in [1.54, 1.807) is 6.07 Å². The monoisotopic (exact) mass is 336 g/mol. The number of alkyl halides is 3. The van der Waals surface area contributed by atoms with Gasteiger partial charge in [-0.15, -0.1) is 13.2 Å². The van der Waals surface area contributed by atoms with E-state index in [0.29, 0.717) is 0 Å².